The van der Waals surface area contributed by atoms with E-state index in [-0.39, 0.29) is 11.6 Å². The topological polar surface area (TPSA) is 72.7 Å². The van der Waals surface area contributed by atoms with Crippen LogP contribution in [0.4, 0.5) is 5.82 Å². The van der Waals surface area contributed by atoms with Gasteiger partial charge in [-0.25, -0.2) is 4.98 Å². The second-order valence-electron chi connectivity index (χ2n) is 5.75. The highest BCUT2D eigenvalue weighted by atomic mass is 35.5. The van der Waals surface area contributed by atoms with E-state index in [2.05, 4.69) is 20.4 Å². The summed E-state index contributed by atoms with van der Waals surface area (Å²) < 4.78 is 1.67. The van der Waals surface area contributed by atoms with Gasteiger partial charge in [0.2, 0.25) is 0 Å². The molecule has 0 radical (unpaired) electrons. The molecule has 3 aromatic heterocycles. The molecule has 6 nitrogen and oxygen atoms in total. The predicted molar refractivity (Wildman–Crippen MR) is 105 cm³/mol. The predicted octanol–water partition coefficient (Wildman–Crippen LogP) is 4.43. The van der Waals surface area contributed by atoms with Crippen LogP contribution in [-0.2, 0) is 6.54 Å². The number of rotatable bonds is 4. The first-order valence-electron chi connectivity index (χ1n) is 8.10. The standard InChI is InChI=1S/C19H13Cl2N5O/c20-13-5-3-6-14(21)12(13)11-26-15-7-4-10-23-17(15)18(25-26)19(27)24-16-8-1-2-9-22-16/h1-10H,11H2,(H,22,24,27). The van der Waals surface area contributed by atoms with Crippen molar-refractivity contribution in [3.05, 3.63) is 82.2 Å². The van der Waals surface area contributed by atoms with Crippen molar-refractivity contribution >= 4 is 46.0 Å². The summed E-state index contributed by atoms with van der Waals surface area (Å²) in [7, 11) is 0. The van der Waals surface area contributed by atoms with E-state index in [0.717, 1.165) is 5.56 Å². The molecule has 27 heavy (non-hydrogen) atoms. The fraction of sp³-hybridized carbons (Fsp3) is 0.0526. The minimum absolute atomic E-state index is 0.208. The molecule has 0 saturated heterocycles. The molecule has 4 aromatic rings. The summed E-state index contributed by atoms with van der Waals surface area (Å²) >= 11 is 12.6. The van der Waals surface area contributed by atoms with E-state index in [9.17, 15) is 4.79 Å². The number of halogens is 2. The van der Waals surface area contributed by atoms with E-state index in [1.54, 1.807) is 59.5 Å². The van der Waals surface area contributed by atoms with Crippen LogP contribution in [0.5, 0.6) is 0 Å². The molecular formula is C19H13Cl2N5O. The van der Waals surface area contributed by atoms with Crippen LogP contribution in [0, 0.1) is 0 Å². The first-order valence-corrected chi connectivity index (χ1v) is 8.86. The van der Waals surface area contributed by atoms with Gasteiger partial charge in [-0.05, 0) is 36.4 Å². The molecule has 0 fully saturated rings. The Morgan fingerprint density at radius 2 is 1.74 bits per heavy atom. The number of carbonyl (C=O) groups excluding carboxylic acids is 1. The van der Waals surface area contributed by atoms with Crippen molar-refractivity contribution in [2.45, 2.75) is 6.54 Å². The third-order valence-corrected chi connectivity index (χ3v) is 4.71. The van der Waals surface area contributed by atoms with Gasteiger partial charge in [0.1, 0.15) is 11.3 Å². The Balaban J connectivity index is 1.74. The van der Waals surface area contributed by atoms with Gasteiger partial charge in [-0.2, -0.15) is 5.10 Å². The monoisotopic (exact) mass is 397 g/mol. The number of nitrogens with zero attached hydrogens (tertiary/aromatic N) is 4. The summed E-state index contributed by atoms with van der Waals surface area (Å²) in [5, 5.41) is 8.27. The summed E-state index contributed by atoms with van der Waals surface area (Å²) in [6.07, 6.45) is 3.22. The number of anilines is 1. The van der Waals surface area contributed by atoms with Crippen molar-refractivity contribution in [3.8, 4) is 0 Å². The fourth-order valence-corrected chi connectivity index (χ4v) is 3.25. The fourth-order valence-electron chi connectivity index (χ4n) is 2.73. The molecule has 0 bridgehead atoms. The molecule has 1 amide bonds. The molecule has 1 N–H and O–H groups in total. The largest absolute Gasteiger partial charge is 0.305 e. The number of benzene rings is 1. The van der Waals surface area contributed by atoms with E-state index < -0.39 is 0 Å². The maximum Gasteiger partial charge on any atom is 0.279 e. The Kier molecular flexibility index (Phi) is 4.75. The molecular weight excluding hydrogens is 385 g/mol. The van der Waals surface area contributed by atoms with Crippen LogP contribution in [0.25, 0.3) is 11.0 Å². The van der Waals surface area contributed by atoms with Crippen LogP contribution >= 0.6 is 23.2 Å². The van der Waals surface area contributed by atoms with Gasteiger partial charge in [-0.3, -0.25) is 14.5 Å². The Morgan fingerprint density at radius 1 is 0.963 bits per heavy atom. The highest BCUT2D eigenvalue weighted by molar-refractivity contribution is 6.36. The zero-order chi connectivity index (χ0) is 18.8. The van der Waals surface area contributed by atoms with Crippen molar-refractivity contribution in [1.29, 1.82) is 0 Å². The Bertz CT molecular complexity index is 1110. The van der Waals surface area contributed by atoms with E-state index in [1.807, 2.05) is 6.07 Å². The molecule has 0 saturated carbocycles. The first-order chi connectivity index (χ1) is 13.1. The van der Waals surface area contributed by atoms with E-state index in [0.29, 0.717) is 33.4 Å². The van der Waals surface area contributed by atoms with E-state index in [1.165, 1.54) is 0 Å². The highest BCUT2D eigenvalue weighted by Gasteiger charge is 2.20. The molecule has 0 aliphatic carbocycles. The summed E-state index contributed by atoms with van der Waals surface area (Å²) in [6, 6.07) is 14.2. The van der Waals surface area contributed by atoms with Gasteiger partial charge in [0.15, 0.2) is 5.69 Å². The van der Waals surface area contributed by atoms with Crippen molar-refractivity contribution in [1.82, 2.24) is 19.7 Å². The summed E-state index contributed by atoms with van der Waals surface area (Å²) in [4.78, 5) is 21.1. The highest BCUT2D eigenvalue weighted by Crippen LogP contribution is 2.27. The molecule has 0 aliphatic rings. The van der Waals surface area contributed by atoms with Crippen LogP contribution in [0.3, 0.4) is 0 Å². The smallest absolute Gasteiger partial charge is 0.279 e. The van der Waals surface area contributed by atoms with Crippen LogP contribution < -0.4 is 5.32 Å². The quantitative estimate of drug-likeness (QED) is 0.552. The number of hydrogen-bond donors (Lipinski definition) is 1. The normalized spacial score (nSPS) is 10.9. The van der Waals surface area contributed by atoms with Crippen molar-refractivity contribution in [3.63, 3.8) is 0 Å². The maximum absolute atomic E-state index is 12.7. The summed E-state index contributed by atoms with van der Waals surface area (Å²) in [5.74, 6) is 0.0525. The molecule has 0 spiro atoms. The first kappa shape index (κ1) is 17.5. The van der Waals surface area contributed by atoms with E-state index in [4.69, 9.17) is 23.2 Å². The minimum atomic E-state index is -0.388. The van der Waals surface area contributed by atoms with Gasteiger partial charge in [-0.1, -0.05) is 35.3 Å². The third-order valence-electron chi connectivity index (χ3n) is 4.00. The SMILES string of the molecule is O=C(Nc1ccccn1)c1nn(Cc2c(Cl)cccc2Cl)c2cccnc12. The maximum atomic E-state index is 12.7. The van der Waals surface area contributed by atoms with Crippen molar-refractivity contribution in [2.24, 2.45) is 0 Å². The van der Waals surface area contributed by atoms with Crippen LogP contribution in [0.2, 0.25) is 10.0 Å². The lowest BCUT2D eigenvalue weighted by molar-refractivity contribution is 0.102. The lowest BCUT2D eigenvalue weighted by Crippen LogP contribution is -2.15. The third kappa shape index (κ3) is 3.49. The number of fused-ring (bicyclic) bond motifs is 1. The average Bonchev–Trinajstić information content (AvgIpc) is 3.04. The molecule has 1 aromatic carbocycles. The summed E-state index contributed by atoms with van der Waals surface area (Å²) in [6.45, 7) is 0.317. The lowest BCUT2D eigenvalue weighted by Gasteiger charge is -2.08. The van der Waals surface area contributed by atoms with Gasteiger partial charge in [0, 0.05) is 28.0 Å². The summed E-state index contributed by atoms with van der Waals surface area (Å²) in [5.41, 5.74) is 2.14. The molecule has 0 atom stereocenters. The minimum Gasteiger partial charge on any atom is -0.305 e. The van der Waals surface area contributed by atoms with Crippen molar-refractivity contribution < 1.29 is 4.79 Å². The number of hydrogen-bond acceptors (Lipinski definition) is 4. The zero-order valence-electron chi connectivity index (χ0n) is 13.9. The number of pyridine rings is 2. The molecule has 0 unspecified atom stereocenters. The number of carbonyl (C=O) groups is 1. The Hall–Kier alpha value is -2.96. The second kappa shape index (κ2) is 7.34. The van der Waals surface area contributed by atoms with Crippen LogP contribution in [0.15, 0.2) is 60.9 Å². The average molecular weight is 398 g/mol. The second-order valence-corrected chi connectivity index (χ2v) is 6.56. The zero-order valence-corrected chi connectivity index (χ0v) is 15.4. The number of nitrogens with one attached hydrogen (secondary N) is 1. The van der Waals surface area contributed by atoms with Crippen molar-refractivity contribution in [2.75, 3.05) is 5.32 Å². The van der Waals surface area contributed by atoms with Gasteiger partial charge in [-0.15, -0.1) is 0 Å². The van der Waals surface area contributed by atoms with Crippen LogP contribution in [-0.4, -0.2) is 25.7 Å². The van der Waals surface area contributed by atoms with Gasteiger partial charge < -0.3 is 5.32 Å². The molecule has 3 heterocycles. The van der Waals surface area contributed by atoms with Gasteiger partial charge >= 0.3 is 0 Å². The Morgan fingerprint density at radius 3 is 2.48 bits per heavy atom. The lowest BCUT2D eigenvalue weighted by atomic mass is 10.2. The Labute approximate surface area is 164 Å². The number of amides is 1. The molecule has 134 valence electrons. The molecule has 8 heteroatoms. The number of aromatic nitrogens is 4. The van der Waals surface area contributed by atoms with Gasteiger partial charge in [0.05, 0.1) is 12.1 Å². The van der Waals surface area contributed by atoms with E-state index >= 15 is 0 Å². The molecule has 0 aliphatic heterocycles. The van der Waals surface area contributed by atoms with Crippen LogP contribution in [0.1, 0.15) is 16.1 Å². The molecule has 4 rings (SSSR count). The van der Waals surface area contributed by atoms with Gasteiger partial charge in [0.25, 0.3) is 5.91 Å².